The maximum Gasteiger partial charge on any atom is 0.291 e. The number of piperazine rings is 1. The largest absolute Gasteiger partial charge is 0.451 e. The number of aryl methyl sites for hydroxylation is 1. The van der Waals surface area contributed by atoms with Crippen LogP contribution in [-0.2, 0) is 11.3 Å². The maximum absolute atomic E-state index is 13.0. The van der Waals surface area contributed by atoms with Gasteiger partial charge in [0.05, 0.1) is 6.61 Å². The van der Waals surface area contributed by atoms with Crippen molar-refractivity contribution in [3.63, 3.8) is 0 Å². The van der Waals surface area contributed by atoms with E-state index in [1.165, 1.54) is 5.69 Å². The third-order valence-electron chi connectivity index (χ3n) is 5.84. The van der Waals surface area contributed by atoms with E-state index in [4.69, 9.17) is 9.15 Å². The number of hydrogen-bond acceptors (Lipinski definition) is 5. The van der Waals surface area contributed by atoms with Crippen LogP contribution in [0.5, 0.6) is 0 Å². The molecule has 0 bridgehead atoms. The Kier molecular flexibility index (Phi) is 6.06. The number of benzene rings is 2. The van der Waals surface area contributed by atoms with Crippen molar-refractivity contribution in [2.24, 2.45) is 0 Å². The van der Waals surface area contributed by atoms with Crippen LogP contribution in [0.2, 0.25) is 0 Å². The molecule has 3 aromatic rings. The number of amides is 1. The second kappa shape index (κ2) is 8.90. The Balaban J connectivity index is 1.53. The smallest absolute Gasteiger partial charge is 0.291 e. The van der Waals surface area contributed by atoms with Crippen molar-refractivity contribution in [2.75, 3.05) is 50.1 Å². The Morgan fingerprint density at radius 3 is 2.60 bits per heavy atom. The minimum atomic E-state index is -0.259. The van der Waals surface area contributed by atoms with Crippen LogP contribution < -0.4 is 10.2 Å². The minimum Gasteiger partial charge on any atom is -0.451 e. The third-order valence-corrected chi connectivity index (χ3v) is 5.84. The molecule has 0 aliphatic carbocycles. The molecule has 0 unspecified atom stereocenters. The summed E-state index contributed by atoms with van der Waals surface area (Å²) in [4.78, 5) is 17.9. The van der Waals surface area contributed by atoms with Gasteiger partial charge in [0, 0.05) is 55.6 Å². The standard InChI is InChI=1S/C24H29N3O3/c1-4-26-11-13-27(14-12-26)18-9-10-21(17(2)15-18)25-24(28)23-20(16-29-3)19-7-5-6-8-22(19)30-23/h5-10,15H,4,11-14,16H2,1-3H3,(H,25,28). The van der Waals surface area contributed by atoms with Gasteiger partial charge in [0.15, 0.2) is 5.76 Å². The third kappa shape index (κ3) is 4.06. The molecule has 6 nitrogen and oxygen atoms in total. The summed E-state index contributed by atoms with van der Waals surface area (Å²) in [5.74, 6) is 0.0443. The first-order valence-corrected chi connectivity index (χ1v) is 10.5. The lowest BCUT2D eigenvalue weighted by atomic mass is 10.1. The molecule has 158 valence electrons. The van der Waals surface area contributed by atoms with Gasteiger partial charge in [-0.1, -0.05) is 25.1 Å². The summed E-state index contributed by atoms with van der Waals surface area (Å²) in [5, 5.41) is 3.92. The number of carbonyl (C=O) groups is 1. The second-order valence-electron chi connectivity index (χ2n) is 7.71. The zero-order valence-electron chi connectivity index (χ0n) is 17.9. The number of para-hydroxylation sites is 1. The van der Waals surface area contributed by atoms with Gasteiger partial charge in [-0.2, -0.15) is 0 Å². The van der Waals surface area contributed by atoms with Crippen LogP contribution in [0.1, 0.15) is 28.6 Å². The molecule has 0 saturated carbocycles. The molecule has 2 heterocycles. The summed E-state index contributed by atoms with van der Waals surface area (Å²) < 4.78 is 11.2. The van der Waals surface area contributed by atoms with Gasteiger partial charge >= 0.3 is 0 Å². The van der Waals surface area contributed by atoms with E-state index in [0.29, 0.717) is 18.0 Å². The predicted octanol–water partition coefficient (Wildman–Crippen LogP) is 4.28. The Hall–Kier alpha value is -2.83. The topological polar surface area (TPSA) is 58.0 Å². The number of nitrogens with zero attached hydrogens (tertiary/aromatic N) is 2. The molecule has 1 N–H and O–H groups in total. The van der Waals surface area contributed by atoms with Crippen LogP contribution >= 0.6 is 0 Å². The second-order valence-corrected chi connectivity index (χ2v) is 7.71. The summed E-state index contributed by atoms with van der Waals surface area (Å²) in [6.07, 6.45) is 0. The number of hydrogen-bond donors (Lipinski definition) is 1. The van der Waals surface area contributed by atoms with Crippen molar-refractivity contribution in [2.45, 2.75) is 20.5 Å². The molecule has 1 aliphatic rings. The van der Waals surface area contributed by atoms with Crippen molar-refractivity contribution >= 4 is 28.3 Å². The highest BCUT2D eigenvalue weighted by Crippen LogP contribution is 2.29. The first-order valence-electron chi connectivity index (χ1n) is 10.5. The molecular weight excluding hydrogens is 378 g/mol. The van der Waals surface area contributed by atoms with Crippen molar-refractivity contribution in [1.29, 1.82) is 0 Å². The van der Waals surface area contributed by atoms with Crippen molar-refractivity contribution in [1.82, 2.24) is 4.90 Å². The minimum absolute atomic E-state index is 0.259. The Morgan fingerprint density at radius 2 is 1.90 bits per heavy atom. The van der Waals surface area contributed by atoms with Gasteiger partial charge in [0.2, 0.25) is 0 Å². The predicted molar refractivity (Wildman–Crippen MR) is 120 cm³/mol. The van der Waals surface area contributed by atoms with E-state index in [1.807, 2.05) is 37.3 Å². The van der Waals surface area contributed by atoms with Gasteiger partial charge in [-0.15, -0.1) is 0 Å². The molecule has 30 heavy (non-hydrogen) atoms. The number of methoxy groups -OCH3 is 1. The van der Waals surface area contributed by atoms with Crippen molar-refractivity contribution in [3.8, 4) is 0 Å². The van der Waals surface area contributed by atoms with Gasteiger partial charge in [-0.3, -0.25) is 4.79 Å². The summed E-state index contributed by atoms with van der Waals surface area (Å²) >= 11 is 0. The highest BCUT2D eigenvalue weighted by atomic mass is 16.5. The number of ether oxygens (including phenoxy) is 1. The molecule has 0 radical (unpaired) electrons. The molecule has 1 amide bonds. The average Bonchev–Trinajstić information content (AvgIpc) is 3.14. The molecular formula is C24H29N3O3. The molecule has 2 aromatic carbocycles. The first-order chi connectivity index (χ1) is 14.6. The number of carbonyl (C=O) groups excluding carboxylic acids is 1. The van der Waals surface area contributed by atoms with Crippen LogP contribution in [0, 0.1) is 6.92 Å². The summed E-state index contributed by atoms with van der Waals surface area (Å²) in [5.41, 5.74) is 4.48. The molecule has 1 aliphatic heterocycles. The fourth-order valence-electron chi connectivity index (χ4n) is 4.06. The van der Waals surface area contributed by atoms with Crippen molar-refractivity contribution < 1.29 is 13.9 Å². The molecule has 1 saturated heterocycles. The number of furan rings is 1. The fraction of sp³-hybridized carbons (Fsp3) is 0.375. The van der Waals surface area contributed by atoms with Crippen LogP contribution in [-0.4, -0.2) is 50.6 Å². The van der Waals surface area contributed by atoms with Gasteiger partial charge < -0.3 is 24.3 Å². The van der Waals surface area contributed by atoms with Crippen molar-refractivity contribution in [3.05, 3.63) is 59.4 Å². The quantitative estimate of drug-likeness (QED) is 0.661. The van der Waals surface area contributed by atoms with Crippen LogP contribution in [0.3, 0.4) is 0 Å². The normalized spacial score (nSPS) is 15.0. The van der Waals surface area contributed by atoms with Crippen LogP contribution in [0.25, 0.3) is 11.0 Å². The van der Waals surface area contributed by atoms with Gasteiger partial charge in [0.25, 0.3) is 5.91 Å². The first kappa shape index (κ1) is 20.4. The summed E-state index contributed by atoms with van der Waals surface area (Å²) in [6, 6.07) is 13.8. The van der Waals surface area contributed by atoms with Crippen LogP contribution in [0.15, 0.2) is 46.9 Å². The average molecular weight is 408 g/mol. The van der Waals surface area contributed by atoms with Gasteiger partial charge in [-0.25, -0.2) is 0 Å². The number of anilines is 2. The fourth-order valence-corrected chi connectivity index (χ4v) is 4.06. The van der Waals surface area contributed by atoms with Crippen LogP contribution in [0.4, 0.5) is 11.4 Å². The van der Waals surface area contributed by atoms with E-state index in [0.717, 1.165) is 54.9 Å². The zero-order valence-corrected chi connectivity index (χ0v) is 17.9. The van der Waals surface area contributed by atoms with Gasteiger partial charge in [-0.05, 0) is 43.3 Å². The molecule has 0 spiro atoms. The molecule has 4 rings (SSSR count). The highest BCUT2D eigenvalue weighted by molar-refractivity contribution is 6.06. The Bertz CT molecular complexity index is 1040. The SMILES string of the molecule is CCN1CCN(c2ccc(NC(=O)c3oc4ccccc4c3COC)c(C)c2)CC1. The lowest BCUT2D eigenvalue weighted by Gasteiger charge is -2.35. The Labute approximate surface area is 177 Å². The summed E-state index contributed by atoms with van der Waals surface area (Å²) in [6.45, 7) is 9.88. The highest BCUT2D eigenvalue weighted by Gasteiger charge is 2.21. The maximum atomic E-state index is 13.0. The van der Waals surface area contributed by atoms with E-state index in [2.05, 4.69) is 34.2 Å². The molecule has 1 aromatic heterocycles. The lowest BCUT2D eigenvalue weighted by molar-refractivity contribution is 0.0992. The summed E-state index contributed by atoms with van der Waals surface area (Å²) in [7, 11) is 1.62. The van der Waals surface area contributed by atoms with E-state index in [1.54, 1.807) is 7.11 Å². The van der Waals surface area contributed by atoms with Gasteiger partial charge in [0.1, 0.15) is 5.58 Å². The number of rotatable bonds is 6. The number of likely N-dealkylation sites (N-methyl/N-ethyl adjacent to an activating group) is 1. The molecule has 1 fully saturated rings. The van der Waals surface area contributed by atoms with E-state index < -0.39 is 0 Å². The number of nitrogens with one attached hydrogen (secondary N) is 1. The zero-order chi connectivity index (χ0) is 21.1. The van der Waals surface area contributed by atoms with E-state index in [9.17, 15) is 4.79 Å². The number of fused-ring (bicyclic) bond motifs is 1. The lowest BCUT2D eigenvalue weighted by Crippen LogP contribution is -2.46. The monoisotopic (exact) mass is 407 g/mol. The van der Waals surface area contributed by atoms with E-state index in [-0.39, 0.29) is 5.91 Å². The Morgan fingerprint density at radius 1 is 1.13 bits per heavy atom. The van der Waals surface area contributed by atoms with E-state index >= 15 is 0 Å². The molecule has 0 atom stereocenters. The molecule has 6 heteroatoms.